The summed E-state index contributed by atoms with van der Waals surface area (Å²) >= 11 is 0. The summed E-state index contributed by atoms with van der Waals surface area (Å²) < 4.78 is 16.9. The Morgan fingerprint density at radius 3 is 2.35 bits per heavy atom. The molecule has 1 heterocycles. The van der Waals surface area contributed by atoms with E-state index in [1.165, 1.54) is 5.56 Å². The molecule has 0 amide bonds. The highest BCUT2D eigenvalue weighted by Gasteiger charge is 2.27. The molecule has 0 saturated carbocycles. The SMILES string of the molecule is CNCc1oc2cc(OC)cc(OC)c2c1C(C)(C)C. The maximum atomic E-state index is 6.03. The molecule has 20 heavy (non-hydrogen) atoms. The summed E-state index contributed by atoms with van der Waals surface area (Å²) in [6.07, 6.45) is 0. The second-order valence-corrected chi connectivity index (χ2v) is 5.88. The van der Waals surface area contributed by atoms with Crippen LogP contribution in [-0.2, 0) is 12.0 Å². The van der Waals surface area contributed by atoms with Crippen LogP contribution in [0.4, 0.5) is 0 Å². The van der Waals surface area contributed by atoms with Crippen molar-refractivity contribution in [3.8, 4) is 11.5 Å². The lowest BCUT2D eigenvalue weighted by Gasteiger charge is -2.20. The van der Waals surface area contributed by atoms with Crippen molar-refractivity contribution in [3.05, 3.63) is 23.5 Å². The number of fused-ring (bicyclic) bond motifs is 1. The Hall–Kier alpha value is -1.68. The van der Waals surface area contributed by atoms with E-state index in [9.17, 15) is 0 Å². The van der Waals surface area contributed by atoms with Gasteiger partial charge in [0, 0.05) is 17.7 Å². The van der Waals surface area contributed by atoms with E-state index in [2.05, 4.69) is 26.1 Å². The summed E-state index contributed by atoms with van der Waals surface area (Å²) in [5.74, 6) is 2.47. The fourth-order valence-corrected chi connectivity index (χ4v) is 2.57. The highest BCUT2D eigenvalue weighted by atomic mass is 16.5. The van der Waals surface area contributed by atoms with Gasteiger partial charge in [0.15, 0.2) is 0 Å². The molecule has 0 aliphatic carbocycles. The van der Waals surface area contributed by atoms with E-state index in [4.69, 9.17) is 13.9 Å². The monoisotopic (exact) mass is 277 g/mol. The van der Waals surface area contributed by atoms with Gasteiger partial charge in [0.2, 0.25) is 0 Å². The van der Waals surface area contributed by atoms with Crippen LogP contribution in [0.5, 0.6) is 11.5 Å². The van der Waals surface area contributed by atoms with Gasteiger partial charge in [0.05, 0.1) is 26.2 Å². The first-order chi connectivity index (χ1) is 9.42. The van der Waals surface area contributed by atoms with E-state index in [1.54, 1.807) is 14.2 Å². The van der Waals surface area contributed by atoms with Crippen LogP contribution in [0.15, 0.2) is 16.5 Å². The maximum Gasteiger partial charge on any atom is 0.142 e. The zero-order valence-electron chi connectivity index (χ0n) is 13.1. The predicted octanol–water partition coefficient (Wildman–Crippen LogP) is 3.47. The third-order valence-corrected chi connectivity index (χ3v) is 3.34. The predicted molar refractivity (Wildman–Crippen MR) is 80.8 cm³/mol. The fraction of sp³-hybridized carbons (Fsp3) is 0.500. The molecule has 0 unspecified atom stereocenters. The van der Waals surface area contributed by atoms with Crippen molar-refractivity contribution < 1.29 is 13.9 Å². The summed E-state index contributed by atoms with van der Waals surface area (Å²) in [6, 6.07) is 3.81. The lowest BCUT2D eigenvalue weighted by molar-refractivity contribution is 0.396. The second-order valence-electron chi connectivity index (χ2n) is 5.88. The molecule has 0 fully saturated rings. The van der Waals surface area contributed by atoms with Gasteiger partial charge in [0.1, 0.15) is 22.8 Å². The largest absolute Gasteiger partial charge is 0.496 e. The lowest BCUT2D eigenvalue weighted by Crippen LogP contribution is -2.16. The average Bonchev–Trinajstić information content (AvgIpc) is 2.75. The zero-order valence-corrected chi connectivity index (χ0v) is 13.1. The molecule has 110 valence electrons. The number of nitrogens with one attached hydrogen (secondary N) is 1. The minimum absolute atomic E-state index is 0.0285. The van der Waals surface area contributed by atoms with Crippen LogP contribution in [0.2, 0.25) is 0 Å². The van der Waals surface area contributed by atoms with Crippen molar-refractivity contribution in [3.63, 3.8) is 0 Å². The number of furan rings is 1. The molecule has 2 rings (SSSR count). The summed E-state index contributed by atoms with van der Waals surface area (Å²) in [4.78, 5) is 0. The number of methoxy groups -OCH3 is 2. The molecule has 1 aromatic heterocycles. The van der Waals surface area contributed by atoms with Crippen LogP contribution in [0, 0.1) is 0 Å². The van der Waals surface area contributed by atoms with Crippen molar-refractivity contribution in [2.75, 3.05) is 21.3 Å². The Balaban J connectivity index is 2.81. The number of hydrogen-bond donors (Lipinski definition) is 1. The number of hydrogen-bond acceptors (Lipinski definition) is 4. The van der Waals surface area contributed by atoms with Gasteiger partial charge in [-0.2, -0.15) is 0 Å². The maximum absolute atomic E-state index is 6.03. The van der Waals surface area contributed by atoms with E-state index in [0.717, 1.165) is 28.2 Å². The van der Waals surface area contributed by atoms with Crippen molar-refractivity contribution in [1.29, 1.82) is 0 Å². The molecule has 4 nitrogen and oxygen atoms in total. The third-order valence-electron chi connectivity index (χ3n) is 3.34. The normalized spacial score (nSPS) is 11.9. The summed E-state index contributed by atoms with van der Waals surface area (Å²) in [5, 5.41) is 4.19. The first-order valence-corrected chi connectivity index (χ1v) is 6.74. The standard InChI is InChI=1S/C16H23NO3/c1-16(2,3)15-13(9-17-4)20-12-8-10(18-5)7-11(19-6)14(12)15/h7-8,17H,9H2,1-6H3. The summed E-state index contributed by atoms with van der Waals surface area (Å²) in [7, 11) is 5.23. The van der Waals surface area contributed by atoms with Crippen LogP contribution in [0.1, 0.15) is 32.1 Å². The van der Waals surface area contributed by atoms with Crippen molar-refractivity contribution >= 4 is 11.0 Å². The molecule has 0 bridgehead atoms. The van der Waals surface area contributed by atoms with Gasteiger partial charge in [-0.15, -0.1) is 0 Å². The fourth-order valence-electron chi connectivity index (χ4n) is 2.57. The minimum atomic E-state index is -0.0285. The van der Waals surface area contributed by atoms with Crippen molar-refractivity contribution in [2.24, 2.45) is 0 Å². The van der Waals surface area contributed by atoms with Crippen LogP contribution in [-0.4, -0.2) is 21.3 Å². The van der Waals surface area contributed by atoms with Crippen molar-refractivity contribution in [1.82, 2.24) is 5.32 Å². The molecule has 2 aromatic rings. The van der Waals surface area contributed by atoms with E-state index in [-0.39, 0.29) is 5.41 Å². The zero-order chi connectivity index (χ0) is 14.9. The number of benzene rings is 1. The molecular weight excluding hydrogens is 254 g/mol. The third kappa shape index (κ3) is 2.48. The topological polar surface area (TPSA) is 43.6 Å². The Morgan fingerprint density at radius 1 is 1.15 bits per heavy atom. The quantitative estimate of drug-likeness (QED) is 0.929. The minimum Gasteiger partial charge on any atom is -0.496 e. The van der Waals surface area contributed by atoms with E-state index in [0.29, 0.717) is 6.54 Å². The van der Waals surface area contributed by atoms with Gasteiger partial charge >= 0.3 is 0 Å². The molecule has 0 spiro atoms. The molecule has 1 aromatic carbocycles. The summed E-state index contributed by atoms with van der Waals surface area (Å²) in [5.41, 5.74) is 1.96. The van der Waals surface area contributed by atoms with Gasteiger partial charge in [-0.05, 0) is 12.5 Å². The molecule has 0 saturated heterocycles. The molecule has 0 radical (unpaired) electrons. The molecule has 1 N–H and O–H groups in total. The van der Waals surface area contributed by atoms with Gasteiger partial charge in [-0.1, -0.05) is 20.8 Å². The first kappa shape index (κ1) is 14.7. The highest BCUT2D eigenvalue weighted by Crippen LogP contribution is 2.42. The lowest BCUT2D eigenvalue weighted by atomic mass is 9.84. The smallest absolute Gasteiger partial charge is 0.142 e. The first-order valence-electron chi connectivity index (χ1n) is 6.74. The Bertz CT molecular complexity index is 608. The average molecular weight is 277 g/mol. The van der Waals surface area contributed by atoms with Crippen molar-refractivity contribution in [2.45, 2.75) is 32.7 Å². The molecule has 0 atom stereocenters. The van der Waals surface area contributed by atoms with Crippen LogP contribution in [0.3, 0.4) is 0 Å². The summed E-state index contributed by atoms with van der Waals surface area (Å²) in [6.45, 7) is 7.23. The van der Waals surface area contributed by atoms with Gasteiger partial charge in [0.25, 0.3) is 0 Å². The van der Waals surface area contributed by atoms with Gasteiger partial charge in [-0.25, -0.2) is 0 Å². The van der Waals surface area contributed by atoms with Gasteiger partial charge < -0.3 is 19.2 Å². The Morgan fingerprint density at radius 2 is 1.85 bits per heavy atom. The molecule has 0 aliphatic heterocycles. The Kier molecular flexibility index (Phi) is 3.95. The van der Waals surface area contributed by atoms with Crippen LogP contribution < -0.4 is 14.8 Å². The molecule has 0 aliphatic rings. The van der Waals surface area contributed by atoms with Crippen LogP contribution in [0.25, 0.3) is 11.0 Å². The van der Waals surface area contributed by atoms with E-state index in [1.807, 2.05) is 19.2 Å². The number of ether oxygens (including phenoxy) is 2. The van der Waals surface area contributed by atoms with Gasteiger partial charge in [-0.3, -0.25) is 0 Å². The number of rotatable bonds is 4. The van der Waals surface area contributed by atoms with E-state index < -0.39 is 0 Å². The Labute approximate surface area is 120 Å². The van der Waals surface area contributed by atoms with Crippen LogP contribution >= 0.6 is 0 Å². The molecule has 4 heteroatoms. The molecular formula is C16H23NO3. The van der Waals surface area contributed by atoms with E-state index >= 15 is 0 Å². The second kappa shape index (κ2) is 5.37. The highest BCUT2D eigenvalue weighted by molar-refractivity contribution is 5.91.